The predicted molar refractivity (Wildman–Crippen MR) is 75.1 cm³/mol. The molecule has 0 aromatic rings. The van der Waals surface area contributed by atoms with Crippen LogP contribution < -0.4 is 5.73 Å². The average molecular weight is 290 g/mol. The summed E-state index contributed by atoms with van der Waals surface area (Å²) in [5.41, 5.74) is 3.99. The van der Waals surface area contributed by atoms with Crippen LogP contribution in [-0.2, 0) is 9.47 Å². The van der Waals surface area contributed by atoms with Crippen molar-refractivity contribution in [2.75, 3.05) is 13.2 Å². The van der Waals surface area contributed by atoms with Gasteiger partial charge in [0, 0.05) is 6.42 Å². The SMILES string of the molecule is CC(C)(C)OC(=O)N1[C@@H](C[C@@H](F)CCN)COC1(C)C. The summed E-state index contributed by atoms with van der Waals surface area (Å²) in [6, 6.07) is -0.318. The van der Waals surface area contributed by atoms with E-state index in [1.165, 1.54) is 4.90 Å². The van der Waals surface area contributed by atoms with E-state index in [0.29, 0.717) is 19.6 Å². The Morgan fingerprint density at radius 1 is 1.55 bits per heavy atom. The van der Waals surface area contributed by atoms with Crippen molar-refractivity contribution in [3.63, 3.8) is 0 Å². The fourth-order valence-electron chi connectivity index (χ4n) is 2.33. The molecular weight excluding hydrogens is 263 g/mol. The third-order valence-electron chi connectivity index (χ3n) is 3.17. The van der Waals surface area contributed by atoms with Crippen LogP contribution in [0, 0.1) is 0 Å². The fourth-order valence-corrected chi connectivity index (χ4v) is 2.33. The van der Waals surface area contributed by atoms with Gasteiger partial charge in [-0.2, -0.15) is 0 Å². The van der Waals surface area contributed by atoms with E-state index in [9.17, 15) is 9.18 Å². The first-order chi connectivity index (χ1) is 9.07. The molecule has 6 heteroatoms. The lowest BCUT2D eigenvalue weighted by molar-refractivity contribution is -0.0632. The second-order valence-corrected chi connectivity index (χ2v) is 6.67. The Hall–Kier alpha value is -0.880. The van der Waals surface area contributed by atoms with Crippen LogP contribution in [0.1, 0.15) is 47.5 Å². The van der Waals surface area contributed by atoms with Gasteiger partial charge in [-0.3, -0.25) is 4.90 Å². The minimum absolute atomic E-state index is 0.222. The summed E-state index contributed by atoms with van der Waals surface area (Å²) in [5.74, 6) is 0. The van der Waals surface area contributed by atoms with Crippen LogP contribution in [0.15, 0.2) is 0 Å². The molecule has 5 nitrogen and oxygen atoms in total. The highest BCUT2D eigenvalue weighted by Crippen LogP contribution is 2.32. The molecule has 0 radical (unpaired) electrons. The van der Waals surface area contributed by atoms with Crippen molar-refractivity contribution in [1.82, 2.24) is 4.90 Å². The van der Waals surface area contributed by atoms with Crippen molar-refractivity contribution in [2.45, 2.75) is 71.0 Å². The molecule has 118 valence electrons. The number of hydrogen-bond donors (Lipinski definition) is 1. The number of halogens is 1. The molecule has 1 rings (SSSR count). The molecule has 2 atom stereocenters. The van der Waals surface area contributed by atoms with Gasteiger partial charge in [-0.25, -0.2) is 9.18 Å². The lowest BCUT2D eigenvalue weighted by atomic mass is 10.1. The zero-order valence-electron chi connectivity index (χ0n) is 13.1. The fraction of sp³-hybridized carbons (Fsp3) is 0.929. The normalized spacial score (nSPS) is 23.8. The van der Waals surface area contributed by atoms with Crippen molar-refractivity contribution in [2.24, 2.45) is 5.73 Å². The summed E-state index contributed by atoms with van der Waals surface area (Å²) in [7, 11) is 0. The summed E-state index contributed by atoms with van der Waals surface area (Å²) in [4.78, 5) is 13.8. The number of carbonyl (C=O) groups is 1. The molecule has 1 aliphatic rings. The average Bonchev–Trinajstić information content (AvgIpc) is 2.51. The van der Waals surface area contributed by atoms with Gasteiger partial charge in [0.15, 0.2) is 0 Å². The summed E-state index contributed by atoms with van der Waals surface area (Å²) in [5, 5.41) is 0. The Kier molecular flexibility index (Phi) is 5.38. The highest BCUT2D eigenvalue weighted by atomic mass is 19.1. The lowest BCUT2D eigenvalue weighted by Gasteiger charge is -2.35. The minimum atomic E-state index is -1.03. The number of hydrogen-bond acceptors (Lipinski definition) is 4. The van der Waals surface area contributed by atoms with Crippen LogP contribution in [0.5, 0.6) is 0 Å². The standard InChI is InChI=1S/C14H27FN2O3/c1-13(2,3)20-12(18)17-11(8-10(15)6-7-16)9-19-14(17,4)5/h10-11H,6-9,16H2,1-5H3/t10-,11-/m0/s1. The zero-order chi connectivity index (χ0) is 15.6. The first-order valence-electron chi connectivity index (χ1n) is 7.07. The van der Waals surface area contributed by atoms with Crippen LogP contribution in [0.2, 0.25) is 0 Å². The molecule has 20 heavy (non-hydrogen) atoms. The first-order valence-corrected chi connectivity index (χ1v) is 7.07. The Morgan fingerprint density at radius 2 is 2.15 bits per heavy atom. The van der Waals surface area contributed by atoms with Crippen molar-refractivity contribution in [3.05, 3.63) is 0 Å². The van der Waals surface area contributed by atoms with E-state index in [0.717, 1.165) is 0 Å². The molecule has 1 aliphatic heterocycles. The largest absolute Gasteiger partial charge is 0.444 e. The molecular formula is C14H27FN2O3. The van der Waals surface area contributed by atoms with Crippen molar-refractivity contribution in [3.8, 4) is 0 Å². The quantitative estimate of drug-likeness (QED) is 0.863. The number of amides is 1. The summed E-state index contributed by atoms with van der Waals surface area (Å²) >= 11 is 0. The monoisotopic (exact) mass is 290 g/mol. The molecule has 0 bridgehead atoms. The molecule has 1 fully saturated rings. The van der Waals surface area contributed by atoms with Gasteiger partial charge in [0.05, 0.1) is 12.6 Å². The molecule has 0 unspecified atom stereocenters. The van der Waals surface area contributed by atoms with E-state index >= 15 is 0 Å². The Bertz CT molecular complexity index is 342. The van der Waals surface area contributed by atoms with E-state index < -0.39 is 23.6 Å². The third-order valence-corrected chi connectivity index (χ3v) is 3.17. The van der Waals surface area contributed by atoms with E-state index in [1.807, 2.05) is 0 Å². The molecule has 0 aromatic heterocycles. The minimum Gasteiger partial charge on any atom is -0.444 e. The van der Waals surface area contributed by atoms with Crippen LogP contribution in [0.4, 0.5) is 9.18 Å². The van der Waals surface area contributed by atoms with Gasteiger partial charge in [-0.1, -0.05) is 0 Å². The number of nitrogens with zero attached hydrogens (tertiary/aromatic N) is 1. The van der Waals surface area contributed by atoms with Gasteiger partial charge in [0.1, 0.15) is 17.5 Å². The van der Waals surface area contributed by atoms with E-state index in [2.05, 4.69) is 0 Å². The molecule has 0 aromatic carbocycles. The summed E-state index contributed by atoms with van der Waals surface area (Å²) < 4.78 is 24.8. The number of carbonyl (C=O) groups excluding carboxylic acids is 1. The summed E-state index contributed by atoms with van der Waals surface area (Å²) in [6.45, 7) is 9.59. The van der Waals surface area contributed by atoms with Gasteiger partial charge in [-0.15, -0.1) is 0 Å². The topological polar surface area (TPSA) is 64.8 Å². The highest BCUT2D eigenvalue weighted by molar-refractivity contribution is 5.69. The maximum absolute atomic E-state index is 13.8. The molecule has 2 N–H and O–H groups in total. The molecule has 0 spiro atoms. The maximum Gasteiger partial charge on any atom is 0.412 e. The molecule has 0 aliphatic carbocycles. The molecule has 1 amide bonds. The summed E-state index contributed by atoms with van der Waals surface area (Å²) in [6.07, 6.45) is -0.990. The van der Waals surface area contributed by atoms with Gasteiger partial charge in [-0.05, 0) is 47.6 Å². The third kappa shape index (κ3) is 4.59. The van der Waals surface area contributed by atoms with Crippen LogP contribution in [0.25, 0.3) is 0 Å². The first kappa shape index (κ1) is 17.2. The molecule has 0 saturated carbocycles. The number of ether oxygens (including phenoxy) is 2. The number of rotatable bonds is 4. The van der Waals surface area contributed by atoms with Gasteiger partial charge >= 0.3 is 6.09 Å². The second kappa shape index (κ2) is 6.26. The van der Waals surface area contributed by atoms with Gasteiger partial charge in [0.25, 0.3) is 0 Å². The van der Waals surface area contributed by atoms with Crippen molar-refractivity contribution >= 4 is 6.09 Å². The second-order valence-electron chi connectivity index (χ2n) is 6.67. The zero-order valence-corrected chi connectivity index (χ0v) is 13.1. The maximum atomic E-state index is 13.8. The number of nitrogens with two attached hydrogens (primary N) is 1. The van der Waals surface area contributed by atoms with Crippen molar-refractivity contribution < 1.29 is 18.7 Å². The van der Waals surface area contributed by atoms with E-state index in [1.54, 1.807) is 34.6 Å². The van der Waals surface area contributed by atoms with Crippen LogP contribution in [-0.4, -0.2) is 47.7 Å². The Morgan fingerprint density at radius 3 is 2.65 bits per heavy atom. The molecule has 1 saturated heterocycles. The van der Waals surface area contributed by atoms with Crippen LogP contribution in [0.3, 0.4) is 0 Å². The highest BCUT2D eigenvalue weighted by Gasteiger charge is 2.46. The predicted octanol–water partition coefficient (Wildman–Crippen LogP) is 2.44. The smallest absolute Gasteiger partial charge is 0.412 e. The Labute approximate surface area is 120 Å². The Balaban J connectivity index is 2.77. The van der Waals surface area contributed by atoms with E-state index in [4.69, 9.17) is 15.2 Å². The number of alkyl halides is 1. The molecule has 1 heterocycles. The van der Waals surface area contributed by atoms with Crippen LogP contribution >= 0.6 is 0 Å². The van der Waals surface area contributed by atoms with Crippen molar-refractivity contribution in [1.29, 1.82) is 0 Å². The van der Waals surface area contributed by atoms with Gasteiger partial charge < -0.3 is 15.2 Å². The lowest BCUT2D eigenvalue weighted by Crippen LogP contribution is -2.50. The van der Waals surface area contributed by atoms with E-state index in [-0.39, 0.29) is 12.5 Å². The van der Waals surface area contributed by atoms with Gasteiger partial charge in [0.2, 0.25) is 0 Å².